The van der Waals surface area contributed by atoms with Crippen molar-refractivity contribution in [1.82, 2.24) is 0 Å². The van der Waals surface area contributed by atoms with E-state index in [0.717, 1.165) is 0 Å². The molecule has 0 N–H and O–H groups in total. The molecule has 0 bridgehead atoms. The van der Waals surface area contributed by atoms with Crippen LogP contribution < -0.4 is 14.2 Å². The van der Waals surface area contributed by atoms with Crippen LogP contribution >= 0.6 is 69.6 Å². The van der Waals surface area contributed by atoms with Gasteiger partial charge in [0, 0.05) is 37.7 Å². The molecule has 0 amide bonds. The van der Waals surface area contributed by atoms with Crippen LogP contribution in [0.25, 0.3) is 0 Å². The average molecular weight is 731 g/mol. The van der Waals surface area contributed by atoms with Gasteiger partial charge in [-0.3, -0.25) is 0 Å². The summed E-state index contributed by atoms with van der Waals surface area (Å²) in [6, 6.07) is 21.5. The van der Waals surface area contributed by atoms with Gasteiger partial charge in [0.2, 0.25) is 0 Å². The molecule has 0 aromatic heterocycles. The van der Waals surface area contributed by atoms with Crippen LogP contribution in [0.4, 0.5) is 0 Å². The summed E-state index contributed by atoms with van der Waals surface area (Å²) in [6.07, 6.45) is 0. The molecule has 0 aliphatic heterocycles. The molecule has 0 fully saturated rings. The average Bonchev–Trinajstić information content (AvgIpc) is 2.94. The number of hydrogen-bond acceptors (Lipinski definition) is 3. The fourth-order valence-electron chi connectivity index (χ4n) is 4.47. The first-order valence-electron chi connectivity index (χ1n) is 14.3. The molecule has 0 spiro atoms. The first-order chi connectivity index (χ1) is 20.9. The fraction of sp³-hybridized carbons (Fsp3) is 0.333. The fourth-order valence-corrected chi connectivity index (χ4v) is 6.83. The molecule has 0 aliphatic carbocycles. The molecular weight excluding hydrogens is 693 g/mol. The van der Waals surface area contributed by atoms with Gasteiger partial charge in [-0.1, -0.05) is 143 Å². The van der Waals surface area contributed by atoms with Gasteiger partial charge in [0.1, 0.15) is 34.5 Å². The molecule has 3 rings (SSSR count). The van der Waals surface area contributed by atoms with Gasteiger partial charge in [0.05, 0.1) is 15.1 Å². The Labute approximate surface area is 297 Å². The number of halogens is 6. The SMILES string of the molecule is CC(C)(C)C(Oc1ccccc1)=C(Cl)C(C(Cl)=C(Oc1ccc(Cl)cc1)C(C)(C)C)C(C)(C)C(=CCl)Oc1ccc(Cl)cc1Cl. The Morgan fingerprint density at radius 1 is 0.622 bits per heavy atom. The van der Waals surface area contributed by atoms with Crippen LogP contribution in [0, 0.1) is 22.2 Å². The second kappa shape index (κ2) is 15.3. The van der Waals surface area contributed by atoms with Gasteiger partial charge in [0.15, 0.2) is 0 Å². The van der Waals surface area contributed by atoms with Crippen LogP contribution in [-0.2, 0) is 0 Å². The number of ether oxygens (including phenoxy) is 3. The summed E-state index contributed by atoms with van der Waals surface area (Å²) in [5.74, 6) is 2.15. The predicted molar refractivity (Wildman–Crippen MR) is 192 cm³/mol. The Hall–Kier alpha value is -1.98. The molecule has 0 aliphatic rings. The summed E-state index contributed by atoms with van der Waals surface area (Å²) in [6.45, 7) is 16.0. The van der Waals surface area contributed by atoms with Crippen molar-refractivity contribution in [2.24, 2.45) is 22.2 Å². The number of rotatable bonds is 10. The van der Waals surface area contributed by atoms with Gasteiger partial charge in [0.25, 0.3) is 0 Å². The molecule has 0 heterocycles. The number of benzene rings is 3. The van der Waals surface area contributed by atoms with Crippen molar-refractivity contribution in [3.63, 3.8) is 0 Å². The number of allylic oxidation sites excluding steroid dienone is 5. The maximum atomic E-state index is 7.50. The van der Waals surface area contributed by atoms with E-state index >= 15 is 0 Å². The van der Waals surface area contributed by atoms with Crippen molar-refractivity contribution in [2.45, 2.75) is 55.4 Å². The van der Waals surface area contributed by atoms with Crippen molar-refractivity contribution in [3.8, 4) is 17.2 Å². The van der Waals surface area contributed by atoms with Crippen LogP contribution in [0.15, 0.2) is 106 Å². The Morgan fingerprint density at radius 2 is 1.09 bits per heavy atom. The maximum Gasteiger partial charge on any atom is 0.145 e. The lowest BCUT2D eigenvalue weighted by molar-refractivity contribution is 0.214. The molecule has 242 valence electrons. The molecule has 45 heavy (non-hydrogen) atoms. The standard InChI is InChI=1S/C36H38Cl6O3/c1-34(2,3)32(43-24-12-10-9-11-13-24)30(41)29(31(42)33(35(4,5)6)44-25-17-14-22(38)15-18-25)36(7,8)28(21-37)45-27-19-16-23(39)20-26(27)40/h9-21,29H,1-8H3. The van der Waals surface area contributed by atoms with Gasteiger partial charge >= 0.3 is 0 Å². The summed E-state index contributed by atoms with van der Waals surface area (Å²) < 4.78 is 19.4. The maximum absolute atomic E-state index is 7.50. The van der Waals surface area contributed by atoms with E-state index in [-0.39, 0.29) is 0 Å². The van der Waals surface area contributed by atoms with Crippen molar-refractivity contribution < 1.29 is 14.2 Å². The summed E-state index contributed by atoms with van der Waals surface area (Å²) >= 11 is 40.3. The van der Waals surface area contributed by atoms with E-state index in [4.69, 9.17) is 83.8 Å². The minimum Gasteiger partial charge on any atom is -0.460 e. The van der Waals surface area contributed by atoms with E-state index in [1.165, 1.54) is 5.54 Å². The monoisotopic (exact) mass is 728 g/mol. The van der Waals surface area contributed by atoms with Crippen molar-refractivity contribution in [3.05, 3.63) is 121 Å². The topological polar surface area (TPSA) is 27.7 Å². The van der Waals surface area contributed by atoms with Gasteiger partial charge in [-0.15, -0.1) is 0 Å². The van der Waals surface area contributed by atoms with Crippen LogP contribution in [0.1, 0.15) is 55.4 Å². The number of para-hydroxylation sites is 1. The Morgan fingerprint density at radius 3 is 1.53 bits per heavy atom. The molecule has 9 heteroatoms. The van der Waals surface area contributed by atoms with Crippen molar-refractivity contribution in [1.29, 1.82) is 0 Å². The second-order valence-electron chi connectivity index (χ2n) is 13.1. The highest BCUT2D eigenvalue weighted by Gasteiger charge is 2.45. The molecule has 1 atom stereocenters. The summed E-state index contributed by atoms with van der Waals surface area (Å²) in [5.41, 5.74) is -0.731. The van der Waals surface area contributed by atoms with E-state index in [1.54, 1.807) is 42.5 Å². The normalized spacial score (nSPS) is 14.8. The lowest BCUT2D eigenvalue weighted by Gasteiger charge is -2.39. The van der Waals surface area contributed by atoms with E-state index in [1.807, 2.05) is 85.7 Å². The third kappa shape index (κ3) is 9.76. The molecule has 0 saturated carbocycles. The highest BCUT2D eigenvalue weighted by Crippen LogP contribution is 2.52. The van der Waals surface area contributed by atoms with Gasteiger partial charge < -0.3 is 14.2 Å². The minimum atomic E-state index is -0.991. The van der Waals surface area contributed by atoms with E-state index in [9.17, 15) is 0 Å². The summed E-state index contributed by atoms with van der Waals surface area (Å²) in [4.78, 5) is 0. The third-order valence-corrected chi connectivity index (χ3v) is 8.63. The van der Waals surface area contributed by atoms with Crippen molar-refractivity contribution >= 4 is 69.6 Å². The smallest absolute Gasteiger partial charge is 0.145 e. The van der Waals surface area contributed by atoms with Crippen LogP contribution in [-0.4, -0.2) is 0 Å². The van der Waals surface area contributed by atoms with E-state index < -0.39 is 22.2 Å². The first-order valence-corrected chi connectivity index (χ1v) is 16.6. The van der Waals surface area contributed by atoms with Gasteiger partial charge in [-0.2, -0.15) is 0 Å². The Bertz CT molecular complexity index is 1560. The zero-order valence-corrected chi connectivity index (χ0v) is 31.1. The zero-order valence-electron chi connectivity index (χ0n) is 26.6. The minimum absolute atomic E-state index is 0.318. The van der Waals surface area contributed by atoms with E-state index in [2.05, 4.69) is 0 Å². The molecule has 0 saturated heterocycles. The third-order valence-electron chi connectivity index (χ3n) is 6.87. The van der Waals surface area contributed by atoms with Crippen molar-refractivity contribution in [2.75, 3.05) is 0 Å². The summed E-state index contributed by atoms with van der Waals surface area (Å²) in [5, 5.41) is 2.07. The zero-order chi connectivity index (χ0) is 33.7. The molecule has 1 unspecified atom stereocenters. The quantitative estimate of drug-likeness (QED) is 0.194. The van der Waals surface area contributed by atoms with Gasteiger partial charge in [-0.05, 0) is 54.6 Å². The second-order valence-corrected chi connectivity index (χ2v) is 15.4. The molecule has 0 radical (unpaired) electrons. The van der Waals surface area contributed by atoms with Gasteiger partial charge in [-0.25, -0.2) is 0 Å². The van der Waals surface area contributed by atoms with Crippen LogP contribution in [0.2, 0.25) is 15.1 Å². The molecular formula is C36H38Cl6O3. The number of hydrogen-bond donors (Lipinski definition) is 0. The highest BCUT2D eigenvalue weighted by atomic mass is 35.5. The largest absolute Gasteiger partial charge is 0.460 e. The molecule has 3 aromatic carbocycles. The van der Waals surface area contributed by atoms with E-state index in [0.29, 0.717) is 59.7 Å². The lowest BCUT2D eigenvalue weighted by atomic mass is 9.73. The molecule has 3 nitrogen and oxygen atoms in total. The lowest BCUT2D eigenvalue weighted by Crippen LogP contribution is -2.34. The molecule has 3 aromatic rings. The predicted octanol–water partition coefficient (Wildman–Crippen LogP) is 13.9. The highest BCUT2D eigenvalue weighted by molar-refractivity contribution is 6.36. The first kappa shape index (κ1) is 37.5. The Kier molecular flexibility index (Phi) is 12.7. The summed E-state index contributed by atoms with van der Waals surface area (Å²) in [7, 11) is 0. The van der Waals surface area contributed by atoms with Crippen LogP contribution in [0.3, 0.4) is 0 Å². The van der Waals surface area contributed by atoms with Crippen LogP contribution in [0.5, 0.6) is 17.2 Å². The Balaban J connectivity index is 2.34.